The van der Waals surface area contributed by atoms with Gasteiger partial charge in [0.25, 0.3) is 7.82 Å². The molecule has 0 rings (SSSR count). The fraction of sp³-hybridized carbons (Fsp3) is 0.815. The minimum absolute atomic E-state index is 0.0250. The largest absolute Gasteiger partial charge is 0.756 e. The second-order valence-electron chi connectivity index (χ2n) is 22.6. The Kier molecular flexibility index (Phi) is 53.4. The SMILES string of the molecule is CC/C=C/C=C/C=C/CCCCCCCCCC(=O)OC(/C=C\CCCCCCCCCCC)C(COP(=O)([O-])OCC[N+](C)(C)C)NC(=O)CCCCCCCCCCCCCCC/C=C/CCCCCCCC. The number of nitrogens with one attached hydrogen (secondary N) is 1. The van der Waals surface area contributed by atoms with E-state index in [9.17, 15) is 19.0 Å². The number of phosphoric acid groups is 1. The van der Waals surface area contributed by atoms with Crippen LogP contribution in [0.25, 0.3) is 0 Å². The average Bonchev–Trinajstić information content (AvgIpc) is 3.37. The Morgan fingerprint density at radius 2 is 0.867 bits per heavy atom. The quantitative estimate of drug-likeness (QED) is 0.0161. The molecule has 0 radical (unpaired) electrons. The van der Waals surface area contributed by atoms with Crippen molar-refractivity contribution < 1.29 is 37.3 Å². The Morgan fingerprint density at radius 3 is 1.31 bits per heavy atom. The zero-order valence-electron chi connectivity index (χ0n) is 50.0. The van der Waals surface area contributed by atoms with Crippen LogP contribution in [0.2, 0.25) is 0 Å². The number of rotatable bonds is 57. The lowest BCUT2D eigenvalue weighted by atomic mass is 10.0. The van der Waals surface area contributed by atoms with Gasteiger partial charge in [0.05, 0.1) is 33.8 Å². The van der Waals surface area contributed by atoms with Crippen LogP contribution < -0.4 is 10.2 Å². The third-order valence-electron chi connectivity index (χ3n) is 14.0. The molecule has 0 spiro atoms. The number of ether oxygens (including phenoxy) is 1. The molecule has 0 fully saturated rings. The van der Waals surface area contributed by atoms with Gasteiger partial charge >= 0.3 is 5.97 Å². The molecule has 0 aromatic carbocycles. The highest BCUT2D eigenvalue weighted by molar-refractivity contribution is 7.45. The summed E-state index contributed by atoms with van der Waals surface area (Å²) in [6, 6.07) is -0.893. The summed E-state index contributed by atoms with van der Waals surface area (Å²) in [7, 11) is 1.18. The van der Waals surface area contributed by atoms with Gasteiger partial charge in [-0.25, -0.2) is 0 Å². The second-order valence-corrected chi connectivity index (χ2v) is 24.0. The van der Waals surface area contributed by atoms with Crippen molar-refractivity contribution in [1.82, 2.24) is 5.32 Å². The third-order valence-corrected chi connectivity index (χ3v) is 15.0. The van der Waals surface area contributed by atoms with Crippen LogP contribution >= 0.6 is 7.82 Å². The van der Waals surface area contributed by atoms with Crippen LogP contribution in [-0.4, -0.2) is 69.4 Å². The number of phosphoric ester groups is 1. The van der Waals surface area contributed by atoms with E-state index >= 15 is 0 Å². The highest BCUT2D eigenvalue weighted by Crippen LogP contribution is 2.38. The zero-order valence-corrected chi connectivity index (χ0v) is 50.9. The smallest absolute Gasteiger partial charge is 0.306 e. The molecule has 0 saturated carbocycles. The Hall–Kier alpha value is -2.29. The minimum atomic E-state index is -4.70. The van der Waals surface area contributed by atoms with E-state index in [0.717, 1.165) is 77.0 Å². The van der Waals surface area contributed by atoms with E-state index < -0.39 is 26.6 Å². The van der Waals surface area contributed by atoms with E-state index in [0.29, 0.717) is 17.4 Å². The van der Waals surface area contributed by atoms with E-state index in [1.807, 2.05) is 33.3 Å². The van der Waals surface area contributed by atoms with Gasteiger partial charge in [0.1, 0.15) is 19.3 Å². The number of unbranched alkanes of at least 4 members (excludes halogenated alkanes) is 35. The first-order valence-corrected chi connectivity index (χ1v) is 33.1. The highest BCUT2D eigenvalue weighted by atomic mass is 31.2. The lowest BCUT2D eigenvalue weighted by Crippen LogP contribution is -2.47. The van der Waals surface area contributed by atoms with Gasteiger partial charge in [0.2, 0.25) is 5.91 Å². The van der Waals surface area contributed by atoms with E-state index in [1.165, 1.54) is 180 Å². The van der Waals surface area contributed by atoms with Gasteiger partial charge in [0.15, 0.2) is 0 Å². The molecule has 1 N–H and O–H groups in total. The Morgan fingerprint density at radius 1 is 0.480 bits per heavy atom. The number of hydrogen-bond acceptors (Lipinski definition) is 7. The lowest BCUT2D eigenvalue weighted by molar-refractivity contribution is -0.870. The topological polar surface area (TPSA) is 114 Å². The molecule has 9 nitrogen and oxygen atoms in total. The molecule has 0 aliphatic carbocycles. The summed E-state index contributed by atoms with van der Waals surface area (Å²) in [6.45, 7) is 6.71. The van der Waals surface area contributed by atoms with Crippen molar-refractivity contribution in [2.24, 2.45) is 0 Å². The first-order valence-electron chi connectivity index (χ1n) is 31.6. The van der Waals surface area contributed by atoms with Gasteiger partial charge in [0, 0.05) is 12.8 Å². The standard InChI is InChI=1S/C65H121N2O7P/c1-7-10-13-16-19-22-25-27-29-30-31-32-33-34-35-36-38-39-42-45-48-51-54-57-64(68)66-62(61-73-75(70,71)72-60-59-67(4,5)6)63(56-53-50-47-44-41-24-21-18-15-12-9-3)74-65(69)58-55-52-49-46-43-40-37-28-26-23-20-17-14-11-8-2/h11,14,17,20,23,26-27,29,53,56,62-63H,7-10,12-13,15-16,18-19,21-22,24-25,28,30-52,54-55,57-61H2,1-6H3,(H-,66,68,70,71)/b14-11+,20-17+,26-23+,29-27+,56-53-. The average molecular weight is 1070 g/mol. The maximum Gasteiger partial charge on any atom is 0.306 e. The summed E-state index contributed by atoms with van der Waals surface area (Å²) in [6.07, 6.45) is 69.1. The molecule has 1 amide bonds. The zero-order chi connectivity index (χ0) is 55.0. The van der Waals surface area contributed by atoms with Crippen LogP contribution in [-0.2, 0) is 27.9 Å². The van der Waals surface area contributed by atoms with Crippen molar-refractivity contribution in [2.45, 2.75) is 303 Å². The number of carbonyl (C=O) groups excluding carboxylic acids is 2. The second kappa shape index (κ2) is 55.0. The van der Waals surface area contributed by atoms with E-state index in [2.05, 4.69) is 74.7 Å². The minimum Gasteiger partial charge on any atom is -0.756 e. The first kappa shape index (κ1) is 72.7. The summed E-state index contributed by atoms with van der Waals surface area (Å²) in [5.41, 5.74) is 0. The molecule has 438 valence electrons. The van der Waals surface area contributed by atoms with E-state index in [-0.39, 0.29) is 24.9 Å². The van der Waals surface area contributed by atoms with Crippen molar-refractivity contribution >= 4 is 19.7 Å². The van der Waals surface area contributed by atoms with Gasteiger partial charge in [-0.1, -0.05) is 262 Å². The molecular weight excluding hydrogens is 952 g/mol. The molecular formula is C65H121N2O7P. The molecule has 10 heteroatoms. The highest BCUT2D eigenvalue weighted by Gasteiger charge is 2.27. The molecule has 3 atom stereocenters. The Bertz CT molecular complexity index is 1470. The number of allylic oxidation sites excluding steroid dienone is 9. The fourth-order valence-electron chi connectivity index (χ4n) is 9.11. The normalized spacial score (nSPS) is 14.1. The summed E-state index contributed by atoms with van der Waals surface area (Å²) in [4.78, 5) is 40.0. The van der Waals surface area contributed by atoms with E-state index in [1.54, 1.807) is 0 Å². The molecule has 0 aliphatic heterocycles. The maximum atomic E-state index is 13.5. The number of likely N-dealkylation sites (N-methyl/N-ethyl adjacent to an activating group) is 1. The first-order chi connectivity index (χ1) is 36.4. The van der Waals surface area contributed by atoms with Crippen LogP contribution in [0.15, 0.2) is 60.8 Å². The number of carbonyl (C=O) groups is 2. The van der Waals surface area contributed by atoms with Crippen LogP contribution in [0.1, 0.15) is 290 Å². The van der Waals surface area contributed by atoms with Crippen LogP contribution in [0.4, 0.5) is 0 Å². The van der Waals surface area contributed by atoms with Gasteiger partial charge < -0.3 is 28.5 Å². The number of esters is 1. The Balaban J connectivity index is 5.12. The maximum absolute atomic E-state index is 13.5. The number of hydrogen-bond donors (Lipinski definition) is 1. The molecule has 0 aliphatic rings. The van der Waals surface area contributed by atoms with Crippen LogP contribution in [0.3, 0.4) is 0 Å². The van der Waals surface area contributed by atoms with Gasteiger partial charge in [-0.2, -0.15) is 0 Å². The molecule has 0 aromatic rings. The monoisotopic (exact) mass is 1070 g/mol. The molecule has 0 saturated heterocycles. The fourth-order valence-corrected chi connectivity index (χ4v) is 9.83. The predicted molar refractivity (Wildman–Crippen MR) is 321 cm³/mol. The summed E-state index contributed by atoms with van der Waals surface area (Å²) in [5, 5.41) is 3.03. The van der Waals surface area contributed by atoms with Gasteiger partial charge in [-0.05, 0) is 76.7 Å². The third kappa shape index (κ3) is 56.2. The van der Waals surface area contributed by atoms with Crippen LogP contribution in [0.5, 0.6) is 0 Å². The van der Waals surface area contributed by atoms with Crippen molar-refractivity contribution in [3.63, 3.8) is 0 Å². The Labute approximate surface area is 464 Å². The number of quaternary nitrogens is 1. The van der Waals surface area contributed by atoms with Crippen molar-refractivity contribution in [2.75, 3.05) is 40.9 Å². The van der Waals surface area contributed by atoms with Gasteiger partial charge in [-0.15, -0.1) is 0 Å². The molecule has 0 aromatic heterocycles. The van der Waals surface area contributed by atoms with Crippen molar-refractivity contribution in [3.05, 3.63) is 60.8 Å². The predicted octanol–water partition coefficient (Wildman–Crippen LogP) is 18.8. The summed E-state index contributed by atoms with van der Waals surface area (Å²) in [5.74, 6) is -0.550. The van der Waals surface area contributed by atoms with Gasteiger partial charge in [-0.3, -0.25) is 14.2 Å². The summed E-state index contributed by atoms with van der Waals surface area (Å²) < 4.78 is 30.3. The molecule has 75 heavy (non-hydrogen) atoms. The lowest BCUT2D eigenvalue weighted by Gasteiger charge is -2.30. The summed E-state index contributed by atoms with van der Waals surface area (Å²) >= 11 is 0. The van der Waals surface area contributed by atoms with E-state index in [4.69, 9.17) is 13.8 Å². The number of amides is 1. The molecule has 3 unspecified atom stereocenters. The van der Waals surface area contributed by atoms with Crippen molar-refractivity contribution in [3.8, 4) is 0 Å². The molecule has 0 heterocycles. The van der Waals surface area contributed by atoms with Crippen molar-refractivity contribution in [1.29, 1.82) is 0 Å². The molecule has 0 bridgehead atoms. The number of nitrogens with zero attached hydrogens (tertiary/aromatic N) is 1. The van der Waals surface area contributed by atoms with Crippen LogP contribution in [0, 0.1) is 0 Å².